The molecule has 0 fully saturated rings. The van der Waals surface area contributed by atoms with Crippen LogP contribution >= 0.6 is 0 Å². The topological polar surface area (TPSA) is 95.3 Å². The summed E-state index contributed by atoms with van der Waals surface area (Å²) < 4.78 is 11.8. The van der Waals surface area contributed by atoms with Crippen molar-refractivity contribution in [1.82, 2.24) is 14.5 Å². The molecular formula is C26H26N4O4. The molecule has 2 aromatic carbocycles. The summed E-state index contributed by atoms with van der Waals surface area (Å²) in [5.41, 5.74) is 2.74. The smallest absolute Gasteiger partial charge is 0.339 e. The lowest BCUT2D eigenvalue weighted by Crippen LogP contribution is -2.17. The predicted octanol–water partition coefficient (Wildman–Crippen LogP) is 5.01. The average Bonchev–Trinajstić information content (AvgIpc) is 3.33. The highest BCUT2D eigenvalue weighted by Gasteiger charge is 2.17. The summed E-state index contributed by atoms with van der Waals surface area (Å²) in [4.78, 5) is 33.1. The summed E-state index contributed by atoms with van der Waals surface area (Å²) in [6, 6.07) is 20.0. The number of anilines is 1. The van der Waals surface area contributed by atoms with Crippen molar-refractivity contribution in [3.63, 3.8) is 0 Å². The molecule has 2 aromatic heterocycles. The minimum Gasteiger partial charge on any atom is -0.497 e. The molecule has 0 aliphatic carbocycles. The molecule has 0 aliphatic heterocycles. The molecule has 174 valence electrons. The molecule has 0 aliphatic rings. The molecule has 0 spiro atoms. The Hall–Kier alpha value is -4.46. The number of imidazole rings is 1. The summed E-state index contributed by atoms with van der Waals surface area (Å²) in [7, 11) is 2.89. The third-order valence-corrected chi connectivity index (χ3v) is 4.75. The lowest BCUT2D eigenvalue weighted by molar-refractivity contribution is 0.0600. The van der Waals surface area contributed by atoms with E-state index in [2.05, 4.69) is 20.0 Å². The van der Waals surface area contributed by atoms with Gasteiger partial charge in [0, 0.05) is 23.6 Å². The molecule has 4 rings (SSSR count). The first-order valence-corrected chi connectivity index (χ1v) is 10.7. The maximum atomic E-state index is 12.8. The number of hydrogen-bond acceptors (Lipinski definition) is 6. The highest BCUT2D eigenvalue weighted by Crippen LogP contribution is 2.27. The lowest BCUT2D eigenvalue weighted by atomic mass is 10.1. The van der Waals surface area contributed by atoms with Crippen LogP contribution in [0.25, 0.3) is 16.9 Å². The van der Waals surface area contributed by atoms with Crippen LogP contribution in [0.2, 0.25) is 0 Å². The number of carbonyl (C=O) groups excluding carboxylic acids is 2. The fourth-order valence-corrected chi connectivity index (χ4v) is 3.11. The Morgan fingerprint density at radius 1 is 0.941 bits per heavy atom. The van der Waals surface area contributed by atoms with E-state index in [-0.39, 0.29) is 11.3 Å². The van der Waals surface area contributed by atoms with Crippen LogP contribution in [0.1, 0.15) is 34.7 Å². The average molecular weight is 459 g/mol. The first-order valence-electron chi connectivity index (χ1n) is 10.7. The zero-order valence-electron chi connectivity index (χ0n) is 19.5. The van der Waals surface area contributed by atoms with E-state index in [1.54, 1.807) is 11.7 Å². The largest absolute Gasteiger partial charge is 0.497 e. The molecule has 2 heterocycles. The number of aromatic nitrogens is 3. The molecule has 0 bridgehead atoms. The summed E-state index contributed by atoms with van der Waals surface area (Å²) in [5, 5.41) is 2.81. The molecule has 0 radical (unpaired) electrons. The van der Waals surface area contributed by atoms with E-state index in [4.69, 9.17) is 4.74 Å². The van der Waals surface area contributed by atoms with Gasteiger partial charge in [-0.2, -0.15) is 0 Å². The number of nitrogens with one attached hydrogen (secondary N) is 1. The summed E-state index contributed by atoms with van der Waals surface area (Å²) >= 11 is 0. The van der Waals surface area contributed by atoms with E-state index in [0.717, 1.165) is 11.3 Å². The van der Waals surface area contributed by atoms with Crippen LogP contribution < -0.4 is 10.1 Å². The van der Waals surface area contributed by atoms with Crippen molar-refractivity contribution in [2.75, 3.05) is 19.5 Å². The zero-order valence-corrected chi connectivity index (χ0v) is 19.5. The van der Waals surface area contributed by atoms with E-state index >= 15 is 0 Å². The lowest BCUT2D eigenvalue weighted by Gasteiger charge is -2.08. The van der Waals surface area contributed by atoms with Crippen LogP contribution in [0.15, 0.2) is 79.1 Å². The first kappa shape index (κ1) is 24.2. The van der Waals surface area contributed by atoms with Gasteiger partial charge in [-0.15, -0.1) is 0 Å². The van der Waals surface area contributed by atoms with Crippen molar-refractivity contribution in [3.8, 4) is 22.7 Å². The van der Waals surface area contributed by atoms with Gasteiger partial charge in [-0.3, -0.25) is 19.7 Å². The van der Waals surface area contributed by atoms with Crippen molar-refractivity contribution in [3.05, 3.63) is 90.4 Å². The van der Waals surface area contributed by atoms with Gasteiger partial charge in [-0.1, -0.05) is 44.2 Å². The molecule has 1 N–H and O–H groups in total. The molecule has 0 saturated heterocycles. The van der Waals surface area contributed by atoms with Crippen LogP contribution in [0, 0.1) is 0 Å². The molecule has 0 saturated carbocycles. The van der Waals surface area contributed by atoms with Gasteiger partial charge in [0.15, 0.2) is 0 Å². The minimum absolute atomic E-state index is 0.142. The van der Waals surface area contributed by atoms with Gasteiger partial charge < -0.3 is 9.47 Å². The highest BCUT2D eigenvalue weighted by atomic mass is 16.5. The van der Waals surface area contributed by atoms with Crippen LogP contribution in [0.3, 0.4) is 0 Å². The number of amides is 1. The van der Waals surface area contributed by atoms with E-state index < -0.39 is 11.9 Å². The normalized spacial score (nSPS) is 10.0. The van der Waals surface area contributed by atoms with Crippen molar-refractivity contribution >= 4 is 17.8 Å². The highest BCUT2D eigenvalue weighted by molar-refractivity contribution is 6.02. The third kappa shape index (κ3) is 5.47. The minimum atomic E-state index is -0.521. The second-order valence-corrected chi connectivity index (χ2v) is 6.77. The van der Waals surface area contributed by atoms with Crippen LogP contribution in [-0.2, 0) is 4.74 Å². The van der Waals surface area contributed by atoms with Crippen molar-refractivity contribution in [2.45, 2.75) is 13.8 Å². The number of para-hydroxylation sites is 1. The molecule has 0 unspecified atom stereocenters. The number of ether oxygens (including phenoxy) is 2. The number of pyridine rings is 1. The van der Waals surface area contributed by atoms with Gasteiger partial charge in [0.2, 0.25) is 5.95 Å². The zero-order chi connectivity index (χ0) is 24.5. The fraction of sp³-hybridized carbons (Fsp3) is 0.154. The van der Waals surface area contributed by atoms with Gasteiger partial charge in [-0.25, -0.2) is 9.78 Å². The summed E-state index contributed by atoms with van der Waals surface area (Å²) in [5.74, 6) is 0.0588. The molecule has 34 heavy (non-hydrogen) atoms. The quantitative estimate of drug-likeness (QED) is 0.408. The van der Waals surface area contributed by atoms with Crippen molar-refractivity contribution in [1.29, 1.82) is 0 Å². The second kappa shape index (κ2) is 11.4. The number of nitrogens with zero attached hydrogens (tertiary/aromatic N) is 3. The number of benzene rings is 2. The van der Waals surface area contributed by atoms with Gasteiger partial charge in [0.05, 0.1) is 25.5 Å². The first-order chi connectivity index (χ1) is 16.6. The van der Waals surface area contributed by atoms with E-state index in [1.807, 2.05) is 74.6 Å². The van der Waals surface area contributed by atoms with Gasteiger partial charge >= 0.3 is 5.97 Å². The standard InChI is InChI=1S/C24H20N4O4.C2H6/c1-31-19-10-6-7-16(13-19)21-15-28(18-8-4-3-5-9-18)24(26-21)27-22(29)20-12-11-17(14-25-20)23(30)32-2;1-2/h3-15H,1-2H3,(H,26,27,29);1-2H3. The Balaban J connectivity index is 0.00000158. The molecule has 4 aromatic rings. The summed E-state index contributed by atoms with van der Waals surface area (Å²) in [6.45, 7) is 4.00. The second-order valence-electron chi connectivity index (χ2n) is 6.77. The van der Waals surface area contributed by atoms with Crippen LogP contribution in [0.5, 0.6) is 5.75 Å². The van der Waals surface area contributed by atoms with Crippen LogP contribution in [-0.4, -0.2) is 40.6 Å². The summed E-state index contributed by atoms with van der Waals surface area (Å²) in [6.07, 6.45) is 3.14. The molecule has 1 amide bonds. The van der Waals surface area contributed by atoms with Crippen LogP contribution in [0.4, 0.5) is 5.95 Å². The van der Waals surface area contributed by atoms with Gasteiger partial charge in [-0.05, 0) is 36.4 Å². The Morgan fingerprint density at radius 3 is 2.35 bits per heavy atom. The number of rotatable bonds is 6. The number of esters is 1. The van der Waals surface area contributed by atoms with E-state index in [0.29, 0.717) is 17.4 Å². The van der Waals surface area contributed by atoms with Gasteiger partial charge in [0.1, 0.15) is 11.4 Å². The Kier molecular flexibility index (Phi) is 8.12. The fourth-order valence-electron chi connectivity index (χ4n) is 3.11. The monoisotopic (exact) mass is 458 g/mol. The Bertz CT molecular complexity index is 1250. The third-order valence-electron chi connectivity index (χ3n) is 4.75. The number of carbonyl (C=O) groups is 2. The molecule has 0 atom stereocenters. The number of methoxy groups -OCH3 is 2. The molecule has 8 heteroatoms. The van der Waals surface area contributed by atoms with Crippen molar-refractivity contribution in [2.24, 2.45) is 0 Å². The SMILES string of the molecule is CC.COC(=O)c1ccc(C(=O)Nc2nc(-c3cccc(OC)c3)cn2-c2ccccc2)nc1. The van der Waals surface area contributed by atoms with Crippen molar-refractivity contribution < 1.29 is 19.1 Å². The van der Waals surface area contributed by atoms with E-state index in [1.165, 1.54) is 25.4 Å². The van der Waals surface area contributed by atoms with E-state index in [9.17, 15) is 9.59 Å². The molecular weight excluding hydrogens is 432 g/mol. The maximum absolute atomic E-state index is 12.8. The number of hydrogen-bond donors (Lipinski definition) is 1. The maximum Gasteiger partial charge on any atom is 0.339 e. The Labute approximate surface area is 198 Å². The molecule has 8 nitrogen and oxygen atoms in total. The predicted molar refractivity (Wildman–Crippen MR) is 130 cm³/mol. The Morgan fingerprint density at radius 2 is 1.71 bits per heavy atom. The van der Waals surface area contributed by atoms with Gasteiger partial charge in [0.25, 0.3) is 5.91 Å².